The summed E-state index contributed by atoms with van der Waals surface area (Å²) >= 11 is 0. The molecule has 114 valence electrons. The number of carbonyl (C=O) groups is 2. The van der Waals surface area contributed by atoms with Gasteiger partial charge in [-0.3, -0.25) is 4.79 Å². The number of hydrogen-bond donors (Lipinski definition) is 3. The quantitative estimate of drug-likeness (QED) is 0.772. The summed E-state index contributed by atoms with van der Waals surface area (Å²) in [4.78, 5) is 23.0. The summed E-state index contributed by atoms with van der Waals surface area (Å²) in [5.74, 6) is -0.104. The Morgan fingerprint density at radius 1 is 1.14 bits per heavy atom. The van der Waals surface area contributed by atoms with Gasteiger partial charge in [0.1, 0.15) is 0 Å². The predicted octanol–water partition coefficient (Wildman–Crippen LogP) is 1.88. The molecule has 2 rings (SSSR count). The second kappa shape index (κ2) is 7.22. The molecule has 0 heterocycles. The van der Waals surface area contributed by atoms with E-state index in [9.17, 15) is 9.59 Å². The molecular weight excluding hydrogens is 268 g/mol. The molecule has 21 heavy (non-hydrogen) atoms. The van der Waals surface area contributed by atoms with Gasteiger partial charge in [0.05, 0.1) is 5.56 Å². The number of carboxylic acid groups (broad SMARTS) is 1. The molecule has 0 radical (unpaired) electrons. The Labute approximate surface area is 124 Å². The lowest BCUT2D eigenvalue weighted by molar-refractivity contribution is 0.0697. The zero-order valence-corrected chi connectivity index (χ0v) is 12.0. The maximum atomic E-state index is 12.1. The zero-order valence-electron chi connectivity index (χ0n) is 12.0. The third-order valence-electron chi connectivity index (χ3n) is 4.22. The van der Waals surface area contributed by atoms with E-state index in [1.165, 1.54) is 12.1 Å². The number of hydrogen-bond acceptors (Lipinski definition) is 3. The molecule has 1 aromatic carbocycles. The number of nitrogens with one attached hydrogen (secondary N) is 1. The minimum Gasteiger partial charge on any atom is -0.478 e. The normalized spacial score (nSPS) is 21.8. The van der Waals surface area contributed by atoms with Gasteiger partial charge in [0.25, 0.3) is 5.91 Å². The summed E-state index contributed by atoms with van der Waals surface area (Å²) < 4.78 is 0. The highest BCUT2D eigenvalue weighted by atomic mass is 16.4. The van der Waals surface area contributed by atoms with Crippen LogP contribution in [0.5, 0.6) is 0 Å². The fraction of sp³-hybridized carbons (Fsp3) is 0.500. The van der Waals surface area contributed by atoms with E-state index in [-0.39, 0.29) is 11.5 Å². The molecular formula is C16H22N2O3. The number of amides is 1. The first-order valence-corrected chi connectivity index (χ1v) is 7.41. The molecule has 0 aliphatic heterocycles. The third kappa shape index (κ3) is 4.29. The largest absolute Gasteiger partial charge is 0.478 e. The van der Waals surface area contributed by atoms with Crippen LogP contribution in [0.2, 0.25) is 0 Å². The van der Waals surface area contributed by atoms with Crippen LogP contribution in [0.4, 0.5) is 0 Å². The molecule has 1 aliphatic carbocycles. The third-order valence-corrected chi connectivity index (χ3v) is 4.22. The van der Waals surface area contributed by atoms with Crippen molar-refractivity contribution >= 4 is 11.9 Å². The molecule has 0 spiro atoms. The van der Waals surface area contributed by atoms with Gasteiger partial charge in [0.15, 0.2) is 0 Å². The van der Waals surface area contributed by atoms with E-state index in [1.807, 2.05) is 0 Å². The number of carboxylic acids is 1. The molecule has 0 aromatic heterocycles. The number of nitrogens with two attached hydrogens (primary N) is 1. The summed E-state index contributed by atoms with van der Waals surface area (Å²) in [5.41, 5.74) is 6.19. The van der Waals surface area contributed by atoms with Gasteiger partial charge in [-0.25, -0.2) is 4.79 Å². The van der Waals surface area contributed by atoms with Crippen LogP contribution in [0, 0.1) is 11.8 Å². The first kappa shape index (κ1) is 15.5. The van der Waals surface area contributed by atoms with Gasteiger partial charge in [0, 0.05) is 12.1 Å². The first-order valence-electron chi connectivity index (χ1n) is 7.41. The van der Waals surface area contributed by atoms with E-state index < -0.39 is 5.97 Å². The van der Waals surface area contributed by atoms with Crippen molar-refractivity contribution in [2.24, 2.45) is 17.6 Å². The van der Waals surface area contributed by atoms with E-state index >= 15 is 0 Å². The van der Waals surface area contributed by atoms with E-state index in [4.69, 9.17) is 10.8 Å². The number of benzene rings is 1. The van der Waals surface area contributed by atoms with Gasteiger partial charge in [-0.1, -0.05) is 6.07 Å². The van der Waals surface area contributed by atoms with Gasteiger partial charge in [-0.15, -0.1) is 0 Å². The van der Waals surface area contributed by atoms with Crippen LogP contribution in [-0.2, 0) is 0 Å². The van der Waals surface area contributed by atoms with Gasteiger partial charge in [-0.05, 0) is 62.3 Å². The van der Waals surface area contributed by atoms with E-state index in [0.29, 0.717) is 23.9 Å². The fourth-order valence-corrected chi connectivity index (χ4v) is 2.80. The zero-order chi connectivity index (χ0) is 15.2. The Morgan fingerprint density at radius 2 is 1.76 bits per heavy atom. The van der Waals surface area contributed by atoms with Crippen molar-refractivity contribution in [2.45, 2.75) is 25.7 Å². The maximum absolute atomic E-state index is 12.1. The van der Waals surface area contributed by atoms with E-state index in [1.54, 1.807) is 12.1 Å². The Morgan fingerprint density at radius 3 is 2.38 bits per heavy atom. The molecule has 4 N–H and O–H groups in total. The van der Waals surface area contributed by atoms with Crippen LogP contribution in [0.25, 0.3) is 0 Å². The number of aromatic carboxylic acids is 1. The van der Waals surface area contributed by atoms with Crippen LogP contribution < -0.4 is 11.1 Å². The van der Waals surface area contributed by atoms with Crippen molar-refractivity contribution in [3.8, 4) is 0 Å². The molecule has 1 amide bonds. The number of carbonyl (C=O) groups excluding carboxylic acids is 1. The van der Waals surface area contributed by atoms with Gasteiger partial charge in [-0.2, -0.15) is 0 Å². The molecule has 0 atom stereocenters. The second-order valence-corrected chi connectivity index (χ2v) is 5.72. The Bertz CT molecular complexity index is 508. The highest BCUT2D eigenvalue weighted by Crippen LogP contribution is 2.27. The Balaban J connectivity index is 1.85. The lowest BCUT2D eigenvalue weighted by Crippen LogP contribution is -2.32. The number of rotatable bonds is 5. The summed E-state index contributed by atoms with van der Waals surface area (Å²) in [7, 11) is 0. The van der Waals surface area contributed by atoms with Crippen molar-refractivity contribution < 1.29 is 14.7 Å². The molecule has 0 saturated heterocycles. The average molecular weight is 290 g/mol. The second-order valence-electron chi connectivity index (χ2n) is 5.72. The maximum Gasteiger partial charge on any atom is 0.335 e. The minimum absolute atomic E-state index is 0.131. The van der Waals surface area contributed by atoms with Crippen LogP contribution in [-0.4, -0.2) is 30.1 Å². The minimum atomic E-state index is -1.02. The standard InChI is InChI=1S/C16H22N2O3/c17-9-11-4-6-12(7-5-11)10-18-15(19)13-2-1-3-14(8-13)16(20)21/h1-3,8,11-12H,4-7,9-10,17H2,(H,18,19)(H,20,21). The monoisotopic (exact) mass is 290 g/mol. The summed E-state index contributed by atoms with van der Waals surface area (Å²) in [6, 6.07) is 6.11. The van der Waals surface area contributed by atoms with Crippen molar-refractivity contribution in [2.75, 3.05) is 13.1 Å². The average Bonchev–Trinajstić information content (AvgIpc) is 2.53. The predicted molar refractivity (Wildman–Crippen MR) is 80.2 cm³/mol. The lowest BCUT2D eigenvalue weighted by atomic mass is 9.82. The molecule has 1 fully saturated rings. The van der Waals surface area contributed by atoms with Crippen molar-refractivity contribution in [1.82, 2.24) is 5.32 Å². The van der Waals surface area contributed by atoms with Crippen molar-refractivity contribution in [1.29, 1.82) is 0 Å². The summed E-state index contributed by atoms with van der Waals surface area (Å²) in [6.07, 6.45) is 4.45. The summed E-state index contributed by atoms with van der Waals surface area (Å²) in [6.45, 7) is 1.40. The van der Waals surface area contributed by atoms with E-state index in [2.05, 4.69) is 5.32 Å². The van der Waals surface area contributed by atoms with Crippen LogP contribution in [0.3, 0.4) is 0 Å². The molecule has 5 heteroatoms. The fourth-order valence-electron chi connectivity index (χ4n) is 2.80. The first-order chi connectivity index (χ1) is 10.1. The molecule has 0 unspecified atom stereocenters. The van der Waals surface area contributed by atoms with Crippen molar-refractivity contribution in [3.63, 3.8) is 0 Å². The topological polar surface area (TPSA) is 92.4 Å². The Kier molecular flexibility index (Phi) is 5.33. The smallest absolute Gasteiger partial charge is 0.335 e. The van der Waals surface area contributed by atoms with Gasteiger partial charge in [0.2, 0.25) is 0 Å². The molecule has 0 bridgehead atoms. The molecule has 1 aromatic rings. The van der Waals surface area contributed by atoms with Crippen LogP contribution in [0.1, 0.15) is 46.4 Å². The molecule has 1 saturated carbocycles. The molecule has 5 nitrogen and oxygen atoms in total. The summed E-state index contributed by atoms with van der Waals surface area (Å²) in [5, 5.41) is 11.8. The van der Waals surface area contributed by atoms with Gasteiger partial charge < -0.3 is 16.2 Å². The van der Waals surface area contributed by atoms with Crippen LogP contribution >= 0.6 is 0 Å². The highest BCUT2D eigenvalue weighted by molar-refractivity contribution is 5.97. The Hall–Kier alpha value is -1.88. The SMILES string of the molecule is NCC1CCC(CNC(=O)c2cccc(C(=O)O)c2)CC1. The lowest BCUT2D eigenvalue weighted by Gasteiger charge is -2.27. The molecule has 1 aliphatic rings. The highest BCUT2D eigenvalue weighted by Gasteiger charge is 2.20. The van der Waals surface area contributed by atoms with E-state index in [0.717, 1.165) is 32.2 Å². The van der Waals surface area contributed by atoms with Crippen LogP contribution in [0.15, 0.2) is 24.3 Å². The van der Waals surface area contributed by atoms with Gasteiger partial charge >= 0.3 is 5.97 Å². The van der Waals surface area contributed by atoms with Crippen molar-refractivity contribution in [3.05, 3.63) is 35.4 Å².